The largest absolute Gasteiger partial charge is 0.433 e. The van der Waals surface area contributed by atoms with Crippen LogP contribution in [0.5, 0.6) is 0 Å². The predicted molar refractivity (Wildman–Crippen MR) is 66.4 cm³/mol. The maximum Gasteiger partial charge on any atom is 0.433 e. The minimum atomic E-state index is -4.74. The van der Waals surface area contributed by atoms with Gasteiger partial charge in [-0.05, 0) is 30.3 Å². The molecule has 21 heavy (non-hydrogen) atoms. The second-order valence-corrected chi connectivity index (χ2v) is 5.03. The van der Waals surface area contributed by atoms with Crippen LogP contribution in [0.1, 0.15) is 11.5 Å². The number of hydrogen-bond donors (Lipinski definition) is 1. The van der Waals surface area contributed by atoms with Crippen LogP contribution in [-0.2, 0) is 22.6 Å². The van der Waals surface area contributed by atoms with E-state index in [0.717, 1.165) is 12.1 Å². The summed E-state index contributed by atoms with van der Waals surface area (Å²) >= 11 is 0. The first kappa shape index (κ1) is 15.4. The van der Waals surface area contributed by atoms with Crippen molar-refractivity contribution >= 4 is 10.7 Å². The summed E-state index contributed by atoms with van der Waals surface area (Å²) < 4.78 is 72.4. The van der Waals surface area contributed by atoms with Crippen LogP contribution in [0.15, 0.2) is 30.3 Å². The smallest absolute Gasteiger partial charge is 0.232 e. The van der Waals surface area contributed by atoms with E-state index in [9.17, 15) is 26.0 Å². The zero-order valence-electron chi connectivity index (χ0n) is 10.3. The molecule has 112 valence electrons. The number of alkyl halides is 3. The van der Waals surface area contributed by atoms with Crippen molar-refractivity contribution in [2.45, 2.75) is 11.9 Å². The van der Waals surface area contributed by atoms with Crippen LogP contribution in [0.3, 0.4) is 0 Å². The van der Waals surface area contributed by atoms with Crippen LogP contribution in [0.25, 0.3) is 11.3 Å². The molecule has 1 aromatic heterocycles. The van der Waals surface area contributed by atoms with Crippen LogP contribution >= 0.6 is 0 Å². The average molecular weight is 320 g/mol. The Morgan fingerprint density at radius 2 is 1.67 bits per heavy atom. The summed E-state index contributed by atoms with van der Waals surface area (Å²) in [6.07, 6.45) is -4.74. The molecule has 0 bridgehead atoms. The van der Waals surface area contributed by atoms with Crippen molar-refractivity contribution in [1.29, 1.82) is 0 Å². The van der Waals surface area contributed by atoms with Crippen molar-refractivity contribution in [2.75, 3.05) is 0 Å². The van der Waals surface area contributed by atoms with E-state index >= 15 is 0 Å². The van der Waals surface area contributed by atoms with Crippen molar-refractivity contribution in [3.63, 3.8) is 0 Å². The summed E-state index contributed by atoms with van der Waals surface area (Å²) in [5.41, 5.74) is -1.14. The van der Waals surface area contributed by atoms with Gasteiger partial charge < -0.3 is 0 Å². The molecule has 4 nitrogen and oxygen atoms in total. The second-order valence-electron chi connectivity index (χ2n) is 4.05. The number of nitrogens with zero attached hydrogens (tertiary/aromatic N) is 2. The maximum atomic E-state index is 12.8. The van der Waals surface area contributed by atoms with Crippen LogP contribution in [0.4, 0.5) is 17.6 Å². The summed E-state index contributed by atoms with van der Waals surface area (Å²) in [4.78, 5) is 6.96. The lowest BCUT2D eigenvalue weighted by atomic mass is 10.1. The molecular formula is C12H8F4N2O2S. The Bertz CT molecular complexity index is 719. The molecule has 0 atom stereocenters. The third-order valence-corrected chi connectivity index (χ3v) is 3.01. The predicted octanol–water partition coefficient (Wildman–Crippen LogP) is 2.41. The van der Waals surface area contributed by atoms with E-state index in [2.05, 4.69) is 9.97 Å². The molecule has 0 N–H and O–H groups in total. The summed E-state index contributed by atoms with van der Waals surface area (Å²) in [7, 11) is -2.96. The molecular weight excluding hydrogens is 312 g/mol. The van der Waals surface area contributed by atoms with Gasteiger partial charge in [0.2, 0.25) is 0 Å². The highest BCUT2D eigenvalue weighted by Crippen LogP contribution is 2.30. The van der Waals surface area contributed by atoms with Gasteiger partial charge in [0, 0.05) is 5.56 Å². The van der Waals surface area contributed by atoms with Crippen molar-refractivity contribution in [3.05, 3.63) is 47.7 Å². The van der Waals surface area contributed by atoms with E-state index in [4.69, 9.17) is 0 Å². The number of halogens is 4. The van der Waals surface area contributed by atoms with Gasteiger partial charge in [0.1, 0.15) is 33.8 Å². The minimum Gasteiger partial charge on any atom is -0.232 e. The van der Waals surface area contributed by atoms with Crippen LogP contribution in [0.2, 0.25) is 0 Å². The fourth-order valence-corrected chi connectivity index (χ4v) is 1.97. The van der Waals surface area contributed by atoms with Crippen molar-refractivity contribution in [2.24, 2.45) is 0 Å². The topological polar surface area (TPSA) is 59.9 Å². The highest BCUT2D eigenvalue weighted by atomic mass is 32.2. The van der Waals surface area contributed by atoms with Gasteiger partial charge in [-0.2, -0.15) is 13.2 Å². The third kappa shape index (κ3) is 3.97. The van der Waals surface area contributed by atoms with Gasteiger partial charge in [0.25, 0.3) is 0 Å². The van der Waals surface area contributed by atoms with E-state index in [-0.39, 0.29) is 11.3 Å². The Morgan fingerprint density at radius 1 is 1.05 bits per heavy atom. The first-order valence-corrected chi connectivity index (χ1v) is 6.95. The zero-order valence-corrected chi connectivity index (χ0v) is 11.2. The van der Waals surface area contributed by atoms with E-state index < -0.39 is 40.0 Å². The molecule has 0 amide bonds. The summed E-state index contributed by atoms with van der Waals surface area (Å²) in [5.74, 6) is -1.71. The molecule has 0 radical (unpaired) electrons. The lowest BCUT2D eigenvalue weighted by Gasteiger charge is -2.09. The number of rotatable bonds is 3. The fourth-order valence-electron chi connectivity index (χ4n) is 1.60. The highest BCUT2D eigenvalue weighted by Gasteiger charge is 2.33. The Kier molecular flexibility index (Phi) is 4.21. The Balaban J connectivity index is 2.56. The van der Waals surface area contributed by atoms with Crippen LogP contribution < -0.4 is 0 Å². The Labute approximate surface area is 118 Å². The minimum absolute atomic E-state index is 0.121. The number of hydrogen-bond acceptors (Lipinski definition) is 4. The van der Waals surface area contributed by atoms with Gasteiger partial charge in [0.15, 0.2) is 0 Å². The molecule has 9 heteroatoms. The quantitative estimate of drug-likeness (QED) is 0.697. The van der Waals surface area contributed by atoms with Gasteiger partial charge in [-0.3, -0.25) is 0 Å². The zero-order chi connectivity index (χ0) is 15.6. The fraction of sp³-hybridized carbons (Fsp3) is 0.167. The third-order valence-electron chi connectivity index (χ3n) is 2.47. The van der Waals surface area contributed by atoms with Crippen LogP contribution in [-0.4, -0.2) is 18.4 Å². The summed E-state index contributed by atoms with van der Waals surface area (Å²) in [6, 6.07) is 5.32. The molecule has 1 aromatic carbocycles. The van der Waals surface area contributed by atoms with Gasteiger partial charge in [-0.1, -0.05) is 0 Å². The molecule has 0 saturated carbocycles. The first-order chi connectivity index (χ1) is 9.75. The molecule has 2 aromatic rings. The van der Waals surface area contributed by atoms with E-state index in [1.165, 1.54) is 12.1 Å². The molecule has 2 rings (SSSR count). The Hall–Kier alpha value is -2.03. The molecule has 0 aliphatic rings. The van der Waals surface area contributed by atoms with Gasteiger partial charge in [-0.15, -0.1) is 0 Å². The molecule has 0 saturated heterocycles. The monoisotopic (exact) mass is 320 g/mol. The van der Waals surface area contributed by atoms with Gasteiger partial charge in [-0.25, -0.2) is 22.8 Å². The van der Waals surface area contributed by atoms with E-state index in [1.807, 2.05) is 0 Å². The highest BCUT2D eigenvalue weighted by molar-refractivity contribution is 7.71. The van der Waals surface area contributed by atoms with Crippen molar-refractivity contribution < 1.29 is 26.0 Å². The average Bonchev–Trinajstić information content (AvgIpc) is 2.37. The summed E-state index contributed by atoms with van der Waals surface area (Å²) in [5, 5.41) is 0. The van der Waals surface area contributed by atoms with E-state index in [1.54, 1.807) is 0 Å². The SMILES string of the molecule is O=[SH](=O)Cc1nc(-c2ccc(F)cc2)cc(C(F)(F)F)n1. The Morgan fingerprint density at radius 3 is 2.19 bits per heavy atom. The molecule has 0 spiro atoms. The van der Waals surface area contributed by atoms with E-state index in [0.29, 0.717) is 6.07 Å². The number of thiol groups is 1. The van der Waals surface area contributed by atoms with Gasteiger partial charge >= 0.3 is 6.18 Å². The second kappa shape index (κ2) is 5.76. The normalized spacial score (nSPS) is 11.9. The lowest BCUT2D eigenvalue weighted by molar-refractivity contribution is -0.141. The van der Waals surface area contributed by atoms with Crippen LogP contribution in [0, 0.1) is 5.82 Å². The maximum absolute atomic E-state index is 12.8. The molecule has 0 aliphatic heterocycles. The first-order valence-electron chi connectivity index (χ1n) is 5.58. The lowest BCUT2D eigenvalue weighted by Crippen LogP contribution is -2.12. The molecule has 0 unspecified atom stereocenters. The molecule has 0 fully saturated rings. The standard InChI is InChI=1S/C12H8F4N2O2S/c13-8-3-1-7(2-4-8)9-5-10(12(14,15)16)18-11(17-9)6-21(19)20/h1-5,21H,6H2. The van der Waals surface area contributed by atoms with Crippen molar-refractivity contribution in [1.82, 2.24) is 9.97 Å². The number of benzene rings is 1. The van der Waals surface area contributed by atoms with Crippen molar-refractivity contribution in [3.8, 4) is 11.3 Å². The molecule has 1 heterocycles. The van der Waals surface area contributed by atoms with Gasteiger partial charge in [0.05, 0.1) is 5.69 Å². The number of aromatic nitrogens is 2. The molecule has 0 aliphatic carbocycles. The summed E-state index contributed by atoms with van der Waals surface area (Å²) in [6.45, 7) is 0.